The zero-order valence-corrected chi connectivity index (χ0v) is 19.5. The Kier molecular flexibility index (Phi) is 5.98. The van der Waals surface area contributed by atoms with E-state index in [2.05, 4.69) is 16.0 Å². The highest BCUT2D eigenvalue weighted by Gasteiger charge is 2.58. The first-order valence-corrected chi connectivity index (χ1v) is 12.0. The van der Waals surface area contributed by atoms with E-state index < -0.39 is 11.5 Å². The van der Waals surface area contributed by atoms with Crippen LogP contribution in [0.4, 0.5) is 14.9 Å². The molecule has 1 spiro atoms. The van der Waals surface area contributed by atoms with E-state index in [4.69, 9.17) is 16.7 Å². The molecule has 2 aliphatic rings. The number of aromatic nitrogens is 1. The summed E-state index contributed by atoms with van der Waals surface area (Å²) >= 11 is 6.22. The standard InChI is InChI=1S/C26H27ClFN3O3/c27-19-7-8-22-18(11-19)12-20(30(22)10-4-3-9-28)16-31-23-6-2-1-5-21(23)26(24(31)32)13-17(14-26)15-29-25(33)34/h1-2,5-8,11-12,17,29H,3-4,9-10,13-16H2,(H,33,34)/t17-,26-. The van der Waals surface area contributed by atoms with E-state index in [9.17, 15) is 14.0 Å². The Morgan fingerprint density at radius 2 is 1.97 bits per heavy atom. The van der Waals surface area contributed by atoms with Gasteiger partial charge in [-0.05, 0) is 67.5 Å². The van der Waals surface area contributed by atoms with Crippen LogP contribution in [-0.4, -0.2) is 34.9 Å². The largest absolute Gasteiger partial charge is 0.465 e. The summed E-state index contributed by atoms with van der Waals surface area (Å²) in [6.07, 6.45) is 1.43. The highest BCUT2D eigenvalue weighted by Crippen LogP contribution is 2.56. The molecule has 0 radical (unpaired) electrons. The van der Waals surface area contributed by atoms with Crippen molar-refractivity contribution in [3.63, 3.8) is 0 Å². The van der Waals surface area contributed by atoms with Gasteiger partial charge in [0, 0.05) is 40.4 Å². The van der Waals surface area contributed by atoms with Gasteiger partial charge in [-0.15, -0.1) is 0 Å². The number of unbranched alkanes of at least 4 members (excludes halogenated alkanes) is 1. The Morgan fingerprint density at radius 1 is 1.18 bits per heavy atom. The lowest BCUT2D eigenvalue weighted by molar-refractivity contribution is -0.128. The van der Waals surface area contributed by atoms with Crippen molar-refractivity contribution in [2.75, 3.05) is 18.1 Å². The van der Waals surface area contributed by atoms with E-state index >= 15 is 0 Å². The predicted molar refractivity (Wildman–Crippen MR) is 130 cm³/mol. The second-order valence-electron chi connectivity index (χ2n) is 9.34. The molecule has 1 saturated carbocycles. The Morgan fingerprint density at radius 3 is 2.74 bits per heavy atom. The average molecular weight is 484 g/mol. The molecule has 8 heteroatoms. The zero-order chi connectivity index (χ0) is 23.9. The summed E-state index contributed by atoms with van der Waals surface area (Å²) in [5.74, 6) is 0.209. The number of carbonyl (C=O) groups excluding carboxylic acids is 1. The van der Waals surface area contributed by atoms with Gasteiger partial charge in [-0.25, -0.2) is 4.79 Å². The van der Waals surface area contributed by atoms with Crippen LogP contribution in [0.3, 0.4) is 0 Å². The first-order chi connectivity index (χ1) is 16.4. The lowest BCUT2D eigenvalue weighted by Crippen LogP contribution is -2.52. The number of alkyl halides is 1. The first kappa shape index (κ1) is 22.7. The van der Waals surface area contributed by atoms with E-state index in [1.54, 1.807) is 0 Å². The maximum atomic E-state index is 13.8. The number of hydrogen-bond donors (Lipinski definition) is 2. The van der Waals surface area contributed by atoms with Crippen molar-refractivity contribution in [2.24, 2.45) is 5.92 Å². The second kappa shape index (κ2) is 8.95. The number of carbonyl (C=O) groups is 2. The zero-order valence-electron chi connectivity index (χ0n) is 18.8. The monoisotopic (exact) mass is 483 g/mol. The van der Waals surface area contributed by atoms with Gasteiger partial charge < -0.3 is 19.9 Å². The van der Waals surface area contributed by atoms with Crippen molar-refractivity contribution < 1.29 is 19.1 Å². The number of hydrogen-bond acceptors (Lipinski definition) is 2. The molecule has 6 nitrogen and oxygen atoms in total. The summed E-state index contributed by atoms with van der Waals surface area (Å²) in [6.45, 7) is 1.09. The number of nitrogens with one attached hydrogen (secondary N) is 1. The molecule has 3 aromatic rings. The van der Waals surface area contributed by atoms with Crippen LogP contribution < -0.4 is 10.2 Å². The van der Waals surface area contributed by atoms with E-state index in [1.807, 2.05) is 47.4 Å². The molecule has 1 aliphatic carbocycles. The van der Waals surface area contributed by atoms with E-state index in [0.717, 1.165) is 27.8 Å². The number of fused-ring (bicyclic) bond motifs is 3. The number of anilines is 1. The molecule has 34 heavy (non-hydrogen) atoms. The molecule has 0 bridgehead atoms. The van der Waals surface area contributed by atoms with Gasteiger partial charge in [0.15, 0.2) is 0 Å². The first-order valence-electron chi connectivity index (χ1n) is 11.6. The third-order valence-electron chi connectivity index (χ3n) is 7.22. The molecule has 0 saturated heterocycles. The molecule has 5 rings (SSSR count). The van der Waals surface area contributed by atoms with Crippen LogP contribution in [0.25, 0.3) is 10.9 Å². The number of nitrogens with zero attached hydrogens (tertiary/aromatic N) is 2. The van der Waals surface area contributed by atoms with Gasteiger partial charge in [0.1, 0.15) is 0 Å². The minimum Gasteiger partial charge on any atom is -0.465 e. The highest BCUT2D eigenvalue weighted by molar-refractivity contribution is 6.31. The second-order valence-corrected chi connectivity index (χ2v) is 9.77. The maximum Gasteiger partial charge on any atom is 0.404 e. The van der Waals surface area contributed by atoms with Crippen LogP contribution in [0.1, 0.15) is 36.9 Å². The van der Waals surface area contributed by atoms with Crippen LogP contribution in [0.15, 0.2) is 48.5 Å². The smallest absolute Gasteiger partial charge is 0.404 e. The molecule has 1 fully saturated rings. The van der Waals surface area contributed by atoms with Crippen molar-refractivity contribution in [1.82, 2.24) is 9.88 Å². The third kappa shape index (κ3) is 3.82. The van der Waals surface area contributed by atoms with Gasteiger partial charge in [-0.1, -0.05) is 29.8 Å². The molecular weight excluding hydrogens is 457 g/mol. The van der Waals surface area contributed by atoms with Crippen molar-refractivity contribution >= 4 is 40.2 Å². The molecule has 0 unspecified atom stereocenters. The van der Waals surface area contributed by atoms with Crippen molar-refractivity contribution in [1.29, 1.82) is 0 Å². The lowest BCUT2D eigenvalue weighted by atomic mass is 9.59. The van der Waals surface area contributed by atoms with E-state index in [0.29, 0.717) is 50.3 Å². The molecule has 2 aromatic carbocycles. The summed E-state index contributed by atoms with van der Waals surface area (Å²) in [5.41, 5.74) is 3.36. The van der Waals surface area contributed by atoms with Crippen LogP contribution in [-0.2, 0) is 23.3 Å². The topological polar surface area (TPSA) is 74.6 Å². The van der Waals surface area contributed by atoms with Crippen LogP contribution in [0.5, 0.6) is 0 Å². The fourth-order valence-electron chi connectivity index (χ4n) is 5.67. The van der Waals surface area contributed by atoms with E-state index in [1.165, 1.54) is 0 Å². The number of amides is 2. The summed E-state index contributed by atoms with van der Waals surface area (Å²) in [5, 5.41) is 13.0. The van der Waals surface area contributed by atoms with Crippen LogP contribution in [0, 0.1) is 5.92 Å². The number of aryl methyl sites for hydroxylation is 1. The Bertz CT molecular complexity index is 1250. The van der Waals surface area contributed by atoms with Gasteiger partial charge in [0.2, 0.25) is 5.91 Å². The summed E-state index contributed by atoms with van der Waals surface area (Å²) in [7, 11) is 0. The molecule has 0 atom stereocenters. The van der Waals surface area contributed by atoms with Crippen molar-refractivity contribution in [3.05, 3.63) is 64.8 Å². The summed E-state index contributed by atoms with van der Waals surface area (Å²) in [6, 6.07) is 15.7. The lowest BCUT2D eigenvalue weighted by Gasteiger charge is -2.44. The van der Waals surface area contributed by atoms with Gasteiger partial charge in [0.25, 0.3) is 0 Å². The van der Waals surface area contributed by atoms with Crippen molar-refractivity contribution in [2.45, 2.75) is 44.2 Å². The fourth-order valence-corrected chi connectivity index (χ4v) is 5.85. The van der Waals surface area contributed by atoms with Gasteiger partial charge in [-0.2, -0.15) is 0 Å². The van der Waals surface area contributed by atoms with Crippen LogP contribution in [0.2, 0.25) is 5.02 Å². The average Bonchev–Trinajstić information content (AvgIpc) is 3.24. The third-order valence-corrected chi connectivity index (χ3v) is 7.45. The molecule has 2 amide bonds. The number of rotatable bonds is 8. The quantitative estimate of drug-likeness (QED) is 0.415. The Hall–Kier alpha value is -3.06. The molecule has 2 N–H and O–H groups in total. The van der Waals surface area contributed by atoms with E-state index in [-0.39, 0.29) is 18.5 Å². The van der Waals surface area contributed by atoms with Crippen molar-refractivity contribution in [3.8, 4) is 0 Å². The molecule has 1 aliphatic heterocycles. The SMILES string of the molecule is O=C(O)NC[C@H]1C[C@@]2(C1)C(=O)N(Cc1cc3cc(Cl)ccc3n1CCCCF)c1ccccc12. The minimum absolute atomic E-state index is 0.0684. The number of carboxylic acid groups (broad SMARTS) is 1. The normalized spacial score (nSPS) is 21.2. The highest BCUT2D eigenvalue weighted by atomic mass is 35.5. The minimum atomic E-state index is -1.04. The molecule has 178 valence electrons. The fraction of sp³-hybridized carbons (Fsp3) is 0.385. The van der Waals surface area contributed by atoms with Crippen LogP contribution >= 0.6 is 11.6 Å². The molecule has 1 aromatic heterocycles. The Labute approximate surface area is 202 Å². The number of halogens is 2. The van der Waals surface area contributed by atoms with Gasteiger partial charge in [0.05, 0.1) is 18.6 Å². The Balaban J connectivity index is 1.45. The number of benzene rings is 2. The maximum absolute atomic E-state index is 13.8. The molecule has 2 heterocycles. The summed E-state index contributed by atoms with van der Waals surface area (Å²) < 4.78 is 14.9. The van der Waals surface area contributed by atoms with Gasteiger partial charge >= 0.3 is 6.09 Å². The molecular formula is C26H27ClFN3O3. The summed E-state index contributed by atoms with van der Waals surface area (Å²) in [4.78, 5) is 26.5. The predicted octanol–water partition coefficient (Wildman–Crippen LogP) is 5.51. The number of para-hydroxylation sites is 1. The van der Waals surface area contributed by atoms with Gasteiger partial charge in [-0.3, -0.25) is 9.18 Å².